The largest absolute Gasteiger partial charge is 0.227 e. The molecule has 3 rings (SSSR count). The van der Waals surface area contributed by atoms with E-state index >= 15 is 0 Å². The highest BCUT2D eigenvalue weighted by Crippen LogP contribution is 2.19. The average molecular weight is 339 g/mol. The summed E-state index contributed by atoms with van der Waals surface area (Å²) in [6.45, 7) is 0. The first kappa shape index (κ1) is 10.6. The monoisotopic (exact) mass is 339 g/mol. The van der Waals surface area contributed by atoms with Gasteiger partial charge in [-0.25, -0.2) is 13.9 Å². The zero-order valence-electron chi connectivity index (χ0n) is 8.64. The third kappa shape index (κ3) is 2.02. The van der Waals surface area contributed by atoms with Gasteiger partial charge in [-0.2, -0.15) is 5.10 Å². The van der Waals surface area contributed by atoms with Crippen molar-refractivity contribution in [1.82, 2.24) is 14.6 Å². The second kappa shape index (κ2) is 4.06. The van der Waals surface area contributed by atoms with Crippen molar-refractivity contribution in [3.8, 4) is 11.3 Å². The van der Waals surface area contributed by atoms with Crippen LogP contribution in [0.25, 0.3) is 16.9 Å². The molecule has 5 heteroatoms. The second-order valence-corrected chi connectivity index (χ2v) is 4.70. The number of fused-ring (bicyclic) bond motifs is 1. The molecule has 0 aliphatic heterocycles. The van der Waals surface area contributed by atoms with Gasteiger partial charge >= 0.3 is 0 Å². The first-order valence-electron chi connectivity index (χ1n) is 5.00. The molecule has 0 atom stereocenters. The SMILES string of the molecule is Fc1ccc(-c2cn3nc(I)ccc3n2)cc1. The summed E-state index contributed by atoms with van der Waals surface area (Å²) in [4.78, 5) is 4.43. The van der Waals surface area contributed by atoms with Crippen molar-refractivity contribution in [2.75, 3.05) is 0 Å². The van der Waals surface area contributed by atoms with Crippen molar-refractivity contribution < 1.29 is 4.39 Å². The highest BCUT2D eigenvalue weighted by molar-refractivity contribution is 14.1. The van der Waals surface area contributed by atoms with Crippen molar-refractivity contribution in [2.24, 2.45) is 0 Å². The van der Waals surface area contributed by atoms with E-state index in [1.54, 1.807) is 16.6 Å². The molecule has 3 aromatic rings. The number of hydrogen-bond acceptors (Lipinski definition) is 2. The van der Waals surface area contributed by atoms with Gasteiger partial charge in [-0.05, 0) is 59.0 Å². The lowest BCUT2D eigenvalue weighted by molar-refractivity contribution is 0.628. The van der Waals surface area contributed by atoms with E-state index in [9.17, 15) is 4.39 Å². The third-order valence-electron chi connectivity index (χ3n) is 2.43. The van der Waals surface area contributed by atoms with E-state index in [0.717, 1.165) is 20.6 Å². The molecule has 0 aliphatic rings. The maximum absolute atomic E-state index is 12.8. The van der Waals surface area contributed by atoms with Crippen LogP contribution < -0.4 is 0 Å². The summed E-state index contributed by atoms with van der Waals surface area (Å²) >= 11 is 2.15. The summed E-state index contributed by atoms with van der Waals surface area (Å²) in [5, 5.41) is 4.31. The number of halogens is 2. The first-order valence-corrected chi connectivity index (χ1v) is 6.08. The van der Waals surface area contributed by atoms with Gasteiger partial charge in [-0.15, -0.1) is 0 Å². The van der Waals surface area contributed by atoms with Crippen LogP contribution in [0.4, 0.5) is 4.39 Å². The van der Waals surface area contributed by atoms with Crippen LogP contribution in [0.15, 0.2) is 42.6 Å². The van der Waals surface area contributed by atoms with Crippen LogP contribution in [0.5, 0.6) is 0 Å². The molecule has 0 bridgehead atoms. The van der Waals surface area contributed by atoms with E-state index < -0.39 is 0 Å². The molecule has 84 valence electrons. The van der Waals surface area contributed by atoms with Crippen LogP contribution in [-0.2, 0) is 0 Å². The standard InChI is InChI=1S/C12H7FIN3/c13-9-3-1-8(2-4-9)10-7-17-12(15-10)6-5-11(14)16-17/h1-7H. The Morgan fingerprint density at radius 2 is 1.82 bits per heavy atom. The van der Waals surface area contributed by atoms with E-state index in [0.29, 0.717) is 0 Å². The number of imidazole rings is 1. The smallest absolute Gasteiger partial charge is 0.154 e. The fraction of sp³-hybridized carbons (Fsp3) is 0. The van der Waals surface area contributed by atoms with Gasteiger partial charge in [0.05, 0.1) is 11.9 Å². The summed E-state index contributed by atoms with van der Waals surface area (Å²) in [6.07, 6.45) is 1.84. The summed E-state index contributed by atoms with van der Waals surface area (Å²) < 4.78 is 15.4. The topological polar surface area (TPSA) is 30.2 Å². The Morgan fingerprint density at radius 1 is 1.06 bits per heavy atom. The molecule has 0 saturated heterocycles. The number of aromatic nitrogens is 3. The number of rotatable bonds is 1. The van der Waals surface area contributed by atoms with Gasteiger partial charge in [0.25, 0.3) is 0 Å². The van der Waals surface area contributed by atoms with Gasteiger partial charge in [0, 0.05) is 5.56 Å². The van der Waals surface area contributed by atoms with Crippen molar-refractivity contribution >= 4 is 28.2 Å². The summed E-state index contributed by atoms with van der Waals surface area (Å²) in [5.41, 5.74) is 2.45. The summed E-state index contributed by atoms with van der Waals surface area (Å²) in [5.74, 6) is -0.245. The van der Waals surface area contributed by atoms with Gasteiger partial charge < -0.3 is 0 Å². The Morgan fingerprint density at radius 3 is 2.59 bits per heavy atom. The molecule has 3 nitrogen and oxygen atoms in total. The Kier molecular flexibility index (Phi) is 2.54. The van der Waals surface area contributed by atoms with Gasteiger partial charge in [-0.1, -0.05) is 0 Å². The number of benzene rings is 1. The molecular weight excluding hydrogens is 332 g/mol. The molecule has 0 radical (unpaired) electrons. The molecule has 0 saturated carbocycles. The molecule has 2 heterocycles. The zero-order valence-corrected chi connectivity index (χ0v) is 10.8. The number of nitrogens with zero attached hydrogens (tertiary/aromatic N) is 3. The quantitative estimate of drug-likeness (QED) is 0.638. The molecule has 0 amide bonds. The lowest BCUT2D eigenvalue weighted by Crippen LogP contribution is -1.91. The lowest BCUT2D eigenvalue weighted by atomic mass is 10.2. The van der Waals surface area contributed by atoms with Crippen LogP contribution >= 0.6 is 22.6 Å². The van der Waals surface area contributed by atoms with E-state index in [4.69, 9.17) is 0 Å². The van der Waals surface area contributed by atoms with Crippen LogP contribution in [0.2, 0.25) is 0 Å². The Bertz CT molecular complexity index is 676. The van der Waals surface area contributed by atoms with Crippen molar-refractivity contribution in [3.63, 3.8) is 0 Å². The van der Waals surface area contributed by atoms with Crippen LogP contribution in [-0.4, -0.2) is 14.6 Å². The maximum Gasteiger partial charge on any atom is 0.154 e. The van der Waals surface area contributed by atoms with Crippen LogP contribution in [0, 0.1) is 9.52 Å². The molecule has 0 unspecified atom stereocenters. The van der Waals surface area contributed by atoms with Crippen molar-refractivity contribution in [3.05, 3.63) is 52.1 Å². The minimum atomic E-state index is -0.245. The first-order chi connectivity index (χ1) is 8.22. The lowest BCUT2D eigenvalue weighted by Gasteiger charge is -1.94. The Balaban J connectivity index is 2.14. The molecule has 1 aromatic carbocycles. The van der Waals surface area contributed by atoms with Gasteiger partial charge in [0.15, 0.2) is 5.65 Å². The van der Waals surface area contributed by atoms with Crippen molar-refractivity contribution in [1.29, 1.82) is 0 Å². The fourth-order valence-corrected chi connectivity index (χ4v) is 2.03. The van der Waals surface area contributed by atoms with Crippen LogP contribution in [0.3, 0.4) is 0 Å². The zero-order chi connectivity index (χ0) is 11.8. The van der Waals surface area contributed by atoms with Gasteiger partial charge in [0.2, 0.25) is 0 Å². The minimum absolute atomic E-state index is 0.245. The van der Waals surface area contributed by atoms with E-state index in [1.165, 1.54) is 12.1 Å². The van der Waals surface area contributed by atoms with E-state index in [2.05, 4.69) is 32.7 Å². The average Bonchev–Trinajstić information content (AvgIpc) is 2.72. The highest BCUT2D eigenvalue weighted by Gasteiger charge is 2.05. The number of hydrogen-bond donors (Lipinski definition) is 0. The molecule has 0 fully saturated rings. The Labute approximate surface area is 110 Å². The molecule has 0 N–H and O–H groups in total. The molecular formula is C12H7FIN3. The predicted molar refractivity (Wildman–Crippen MR) is 71.1 cm³/mol. The predicted octanol–water partition coefficient (Wildman–Crippen LogP) is 3.14. The second-order valence-electron chi connectivity index (χ2n) is 3.59. The summed E-state index contributed by atoms with van der Waals surface area (Å²) in [7, 11) is 0. The van der Waals surface area contributed by atoms with E-state index in [-0.39, 0.29) is 5.82 Å². The minimum Gasteiger partial charge on any atom is -0.227 e. The third-order valence-corrected chi connectivity index (χ3v) is 3.00. The molecule has 0 aliphatic carbocycles. The van der Waals surface area contributed by atoms with Crippen LogP contribution in [0.1, 0.15) is 0 Å². The molecule has 17 heavy (non-hydrogen) atoms. The normalized spacial score (nSPS) is 10.9. The Hall–Kier alpha value is -1.50. The van der Waals surface area contributed by atoms with Crippen molar-refractivity contribution in [2.45, 2.75) is 0 Å². The van der Waals surface area contributed by atoms with E-state index in [1.807, 2.05) is 18.3 Å². The van der Waals surface area contributed by atoms with Gasteiger partial charge in [-0.3, -0.25) is 0 Å². The maximum atomic E-state index is 12.8. The molecule has 0 spiro atoms. The highest BCUT2D eigenvalue weighted by atomic mass is 127. The molecule has 2 aromatic heterocycles. The summed E-state index contributed by atoms with van der Waals surface area (Å²) in [6, 6.07) is 10.1. The van der Waals surface area contributed by atoms with Gasteiger partial charge in [0.1, 0.15) is 9.52 Å². The fourth-order valence-electron chi connectivity index (χ4n) is 1.62.